The summed E-state index contributed by atoms with van der Waals surface area (Å²) in [6, 6.07) is 6.29. The Morgan fingerprint density at radius 2 is 2.18 bits per heavy atom. The van der Waals surface area contributed by atoms with E-state index < -0.39 is 0 Å². The number of carbonyl (C=O) groups excluding carboxylic acids is 1. The summed E-state index contributed by atoms with van der Waals surface area (Å²) in [5.41, 5.74) is 0.701. The molecule has 0 saturated carbocycles. The Kier molecular flexibility index (Phi) is 3.82. The fraction of sp³-hybridized carbons (Fsp3) is 0.357. The van der Waals surface area contributed by atoms with Gasteiger partial charge in [-0.2, -0.15) is 10.2 Å². The van der Waals surface area contributed by atoms with Crippen LogP contribution in [-0.2, 0) is 0 Å². The third-order valence-corrected chi connectivity index (χ3v) is 3.39. The van der Waals surface area contributed by atoms with Gasteiger partial charge in [-0.1, -0.05) is 0 Å². The number of hydrogen-bond acceptors (Lipinski definition) is 6. The Labute approximate surface area is 126 Å². The molecule has 0 bridgehead atoms. The summed E-state index contributed by atoms with van der Waals surface area (Å²) in [4.78, 5) is 24.9. The van der Waals surface area contributed by atoms with E-state index in [4.69, 9.17) is 4.74 Å². The van der Waals surface area contributed by atoms with Crippen LogP contribution >= 0.6 is 0 Å². The van der Waals surface area contributed by atoms with Crippen molar-refractivity contribution in [1.82, 2.24) is 25.3 Å². The lowest BCUT2D eigenvalue weighted by Crippen LogP contribution is -2.32. The second kappa shape index (κ2) is 5.92. The molecule has 0 unspecified atom stereocenters. The number of aromatic amines is 1. The lowest BCUT2D eigenvalue weighted by Gasteiger charge is -2.16. The SMILES string of the molecule is Cc1ccc(O[C@@H]2CCN(C(=O)c3ccc(=O)[nH]n3)C2)nn1. The van der Waals surface area contributed by atoms with Gasteiger partial charge in [-0.3, -0.25) is 9.59 Å². The third kappa shape index (κ3) is 3.11. The highest BCUT2D eigenvalue weighted by atomic mass is 16.5. The number of aryl methyl sites for hydroxylation is 1. The van der Waals surface area contributed by atoms with Crippen LogP contribution in [0.2, 0.25) is 0 Å². The molecule has 1 saturated heterocycles. The van der Waals surface area contributed by atoms with E-state index in [0.29, 0.717) is 25.4 Å². The van der Waals surface area contributed by atoms with E-state index in [-0.39, 0.29) is 23.3 Å². The quantitative estimate of drug-likeness (QED) is 0.866. The van der Waals surface area contributed by atoms with Crippen molar-refractivity contribution in [2.45, 2.75) is 19.4 Å². The van der Waals surface area contributed by atoms with Gasteiger partial charge in [0.2, 0.25) is 5.88 Å². The summed E-state index contributed by atoms with van der Waals surface area (Å²) in [6.07, 6.45) is 0.591. The lowest BCUT2D eigenvalue weighted by molar-refractivity contribution is 0.0764. The maximum Gasteiger partial charge on any atom is 0.274 e. The molecule has 1 fully saturated rings. The summed E-state index contributed by atoms with van der Waals surface area (Å²) in [5, 5.41) is 13.9. The molecule has 1 amide bonds. The number of nitrogens with zero attached hydrogens (tertiary/aromatic N) is 4. The lowest BCUT2D eigenvalue weighted by atomic mass is 10.3. The first-order chi connectivity index (χ1) is 10.6. The molecule has 2 aromatic rings. The van der Waals surface area contributed by atoms with Gasteiger partial charge >= 0.3 is 0 Å². The van der Waals surface area contributed by atoms with Crippen LogP contribution in [0.3, 0.4) is 0 Å². The predicted octanol–water partition coefficient (Wildman–Crippen LogP) is 0.162. The summed E-state index contributed by atoms with van der Waals surface area (Å²) >= 11 is 0. The van der Waals surface area contributed by atoms with Gasteiger partial charge in [0.25, 0.3) is 11.5 Å². The first kappa shape index (κ1) is 14.2. The minimum absolute atomic E-state index is 0.122. The minimum Gasteiger partial charge on any atom is -0.471 e. The molecular weight excluding hydrogens is 286 g/mol. The number of carbonyl (C=O) groups is 1. The van der Waals surface area contributed by atoms with E-state index in [1.807, 2.05) is 13.0 Å². The molecule has 1 atom stereocenters. The van der Waals surface area contributed by atoms with Gasteiger partial charge in [0.05, 0.1) is 12.2 Å². The van der Waals surface area contributed by atoms with Crippen LogP contribution in [0.5, 0.6) is 5.88 Å². The van der Waals surface area contributed by atoms with Crippen LogP contribution < -0.4 is 10.3 Å². The van der Waals surface area contributed by atoms with Crippen LogP contribution in [-0.4, -0.2) is 50.4 Å². The number of aromatic nitrogens is 4. The normalized spacial score (nSPS) is 17.5. The van der Waals surface area contributed by atoms with Crippen molar-refractivity contribution in [1.29, 1.82) is 0 Å². The standard InChI is InChI=1S/C14H15N5O3/c1-9-2-5-13(18-15-9)22-10-6-7-19(8-10)14(21)11-3-4-12(20)17-16-11/h2-5,10H,6-8H2,1H3,(H,17,20)/t10-/m1/s1. The number of ether oxygens (including phenoxy) is 1. The van der Waals surface area contributed by atoms with Crippen molar-refractivity contribution in [2.24, 2.45) is 0 Å². The van der Waals surface area contributed by atoms with Crippen molar-refractivity contribution < 1.29 is 9.53 Å². The zero-order valence-electron chi connectivity index (χ0n) is 12.0. The fourth-order valence-electron chi connectivity index (χ4n) is 2.25. The van der Waals surface area contributed by atoms with Crippen molar-refractivity contribution in [3.05, 3.63) is 46.0 Å². The van der Waals surface area contributed by atoms with E-state index >= 15 is 0 Å². The largest absolute Gasteiger partial charge is 0.471 e. The van der Waals surface area contributed by atoms with Crippen molar-refractivity contribution in [2.75, 3.05) is 13.1 Å². The third-order valence-electron chi connectivity index (χ3n) is 3.39. The molecule has 0 radical (unpaired) electrons. The molecule has 1 aliphatic rings. The van der Waals surface area contributed by atoms with Gasteiger partial charge in [-0.25, -0.2) is 5.10 Å². The summed E-state index contributed by atoms with van der Waals surface area (Å²) < 4.78 is 5.72. The van der Waals surface area contributed by atoms with E-state index in [0.717, 1.165) is 5.69 Å². The van der Waals surface area contributed by atoms with Gasteiger partial charge < -0.3 is 9.64 Å². The molecule has 1 aliphatic heterocycles. The molecule has 114 valence electrons. The molecular formula is C14H15N5O3. The van der Waals surface area contributed by atoms with Gasteiger partial charge in [0, 0.05) is 25.1 Å². The van der Waals surface area contributed by atoms with Crippen LogP contribution in [0.25, 0.3) is 0 Å². The molecule has 2 aromatic heterocycles. The monoisotopic (exact) mass is 301 g/mol. The molecule has 0 aromatic carbocycles. The average Bonchev–Trinajstić information content (AvgIpc) is 2.98. The molecule has 8 nitrogen and oxygen atoms in total. The van der Waals surface area contributed by atoms with Gasteiger partial charge in [-0.05, 0) is 19.1 Å². The van der Waals surface area contributed by atoms with E-state index in [1.54, 1.807) is 11.0 Å². The Morgan fingerprint density at radius 1 is 1.32 bits per heavy atom. The Balaban J connectivity index is 1.62. The number of nitrogens with one attached hydrogen (secondary N) is 1. The van der Waals surface area contributed by atoms with Crippen molar-refractivity contribution >= 4 is 5.91 Å². The first-order valence-electron chi connectivity index (χ1n) is 6.94. The molecule has 1 N–H and O–H groups in total. The number of rotatable bonds is 3. The zero-order valence-corrected chi connectivity index (χ0v) is 12.0. The second-order valence-electron chi connectivity index (χ2n) is 5.10. The highest BCUT2D eigenvalue weighted by molar-refractivity contribution is 5.92. The highest BCUT2D eigenvalue weighted by Crippen LogP contribution is 2.17. The Morgan fingerprint density at radius 3 is 2.86 bits per heavy atom. The van der Waals surface area contributed by atoms with Crippen LogP contribution in [0, 0.1) is 6.92 Å². The summed E-state index contributed by atoms with van der Waals surface area (Å²) in [5.74, 6) is 0.226. The van der Waals surface area contributed by atoms with Crippen molar-refractivity contribution in [3.8, 4) is 5.88 Å². The summed E-state index contributed by atoms with van der Waals surface area (Å²) in [7, 11) is 0. The maximum atomic E-state index is 12.3. The molecule has 3 rings (SSSR count). The summed E-state index contributed by atoms with van der Waals surface area (Å²) in [6.45, 7) is 2.88. The molecule has 3 heterocycles. The second-order valence-corrected chi connectivity index (χ2v) is 5.10. The first-order valence-corrected chi connectivity index (χ1v) is 6.94. The van der Waals surface area contributed by atoms with Crippen LogP contribution in [0.4, 0.5) is 0 Å². The minimum atomic E-state index is -0.336. The van der Waals surface area contributed by atoms with E-state index in [1.165, 1.54) is 12.1 Å². The van der Waals surface area contributed by atoms with Crippen LogP contribution in [0.15, 0.2) is 29.1 Å². The maximum absolute atomic E-state index is 12.3. The molecule has 8 heteroatoms. The average molecular weight is 301 g/mol. The predicted molar refractivity (Wildman–Crippen MR) is 76.6 cm³/mol. The van der Waals surface area contributed by atoms with E-state index in [2.05, 4.69) is 20.4 Å². The molecule has 0 aliphatic carbocycles. The number of likely N-dealkylation sites (tertiary alicyclic amines) is 1. The van der Waals surface area contributed by atoms with Crippen LogP contribution in [0.1, 0.15) is 22.6 Å². The van der Waals surface area contributed by atoms with Gasteiger partial charge in [-0.15, -0.1) is 5.10 Å². The molecule has 22 heavy (non-hydrogen) atoms. The molecule has 0 spiro atoms. The van der Waals surface area contributed by atoms with Gasteiger partial charge in [0.15, 0.2) is 0 Å². The topological polar surface area (TPSA) is 101 Å². The zero-order chi connectivity index (χ0) is 15.5. The van der Waals surface area contributed by atoms with Gasteiger partial charge in [0.1, 0.15) is 11.8 Å². The Hall–Kier alpha value is -2.77. The van der Waals surface area contributed by atoms with Crippen molar-refractivity contribution in [3.63, 3.8) is 0 Å². The fourth-order valence-corrected chi connectivity index (χ4v) is 2.25. The van der Waals surface area contributed by atoms with E-state index in [9.17, 15) is 9.59 Å². The number of H-pyrrole nitrogens is 1. The number of amides is 1. The number of hydrogen-bond donors (Lipinski definition) is 1. The smallest absolute Gasteiger partial charge is 0.274 e. The Bertz CT molecular complexity index is 708. The highest BCUT2D eigenvalue weighted by Gasteiger charge is 2.29.